The van der Waals surface area contributed by atoms with Gasteiger partial charge in [-0.25, -0.2) is 9.97 Å². The van der Waals surface area contributed by atoms with Crippen molar-refractivity contribution in [3.8, 4) is 16.9 Å². The molecule has 1 aliphatic heterocycles. The lowest BCUT2D eigenvalue weighted by molar-refractivity contribution is 0.260. The van der Waals surface area contributed by atoms with Gasteiger partial charge in [-0.05, 0) is 24.6 Å². The number of anilines is 1. The van der Waals surface area contributed by atoms with Gasteiger partial charge >= 0.3 is 0 Å². The summed E-state index contributed by atoms with van der Waals surface area (Å²) in [6, 6.07) is 18.2. The first kappa shape index (κ1) is 17.6. The highest BCUT2D eigenvalue weighted by molar-refractivity contribution is 7.17. The molecule has 142 valence electrons. The number of hydrogen-bond donors (Lipinski definition) is 1. The Bertz CT molecular complexity index is 1230. The van der Waals surface area contributed by atoms with Crippen molar-refractivity contribution in [3.63, 3.8) is 0 Å². The van der Waals surface area contributed by atoms with Crippen molar-refractivity contribution in [3.05, 3.63) is 77.4 Å². The maximum atomic E-state index is 5.97. The second-order valence-corrected chi connectivity index (χ2v) is 7.59. The van der Waals surface area contributed by atoms with Crippen LogP contribution in [0.1, 0.15) is 12.5 Å². The van der Waals surface area contributed by atoms with Gasteiger partial charge in [0.2, 0.25) is 0 Å². The molecule has 1 atom stereocenters. The van der Waals surface area contributed by atoms with E-state index >= 15 is 0 Å². The third-order valence-corrected chi connectivity index (χ3v) is 5.74. The van der Waals surface area contributed by atoms with E-state index in [-0.39, 0.29) is 6.10 Å². The van der Waals surface area contributed by atoms with Crippen molar-refractivity contribution in [2.24, 2.45) is 5.10 Å². The number of fused-ring (bicyclic) bond motifs is 2. The topological polar surface area (TPSA) is 59.4 Å². The number of aromatic nitrogens is 2. The van der Waals surface area contributed by atoms with Gasteiger partial charge in [0.05, 0.1) is 11.6 Å². The standard InChI is InChI=1S/C23H18N4OS/c1-15-18(11-17-9-5-6-10-20(17)28-15)12-26-27-22-21-19(16-7-3-2-4-8-16)13-29-23(21)25-14-24-22/h2-15H,1H3,(H,24,25,27)/b26-12+. The van der Waals surface area contributed by atoms with E-state index in [1.807, 2.05) is 49.4 Å². The minimum absolute atomic E-state index is 0.0677. The van der Waals surface area contributed by atoms with E-state index in [1.165, 1.54) is 0 Å². The molecule has 0 saturated heterocycles. The van der Waals surface area contributed by atoms with Gasteiger partial charge in [-0.15, -0.1) is 11.3 Å². The van der Waals surface area contributed by atoms with E-state index in [0.717, 1.165) is 38.2 Å². The molecule has 3 heterocycles. The van der Waals surface area contributed by atoms with Gasteiger partial charge in [-0.2, -0.15) is 5.10 Å². The Morgan fingerprint density at radius 2 is 1.90 bits per heavy atom. The molecule has 0 bridgehead atoms. The molecule has 4 aromatic rings. The molecule has 1 N–H and O–H groups in total. The Balaban J connectivity index is 1.46. The van der Waals surface area contributed by atoms with Crippen LogP contribution >= 0.6 is 11.3 Å². The number of ether oxygens (including phenoxy) is 1. The molecule has 6 heteroatoms. The first-order valence-corrected chi connectivity index (χ1v) is 10.2. The summed E-state index contributed by atoms with van der Waals surface area (Å²) < 4.78 is 5.97. The van der Waals surface area contributed by atoms with Crippen LogP contribution in [0.25, 0.3) is 27.4 Å². The van der Waals surface area contributed by atoms with E-state index in [9.17, 15) is 0 Å². The van der Waals surface area contributed by atoms with E-state index in [0.29, 0.717) is 5.82 Å². The van der Waals surface area contributed by atoms with Gasteiger partial charge in [0.15, 0.2) is 5.82 Å². The molecule has 5 rings (SSSR count). The minimum atomic E-state index is -0.0677. The maximum absolute atomic E-state index is 5.97. The predicted octanol–water partition coefficient (Wildman–Crippen LogP) is 5.62. The third-order valence-electron chi connectivity index (χ3n) is 4.85. The Morgan fingerprint density at radius 1 is 1.07 bits per heavy atom. The lowest BCUT2D eigenvalue weighted by Crippen LogP contribution is -2.19. The summed E-state index contributed by atoms with van der Waals surface area (Å²) in [5, 5.41) is 7.54. The summed E-state index contributed by atoms with van der Waals surface area (Å²) in [4.78, 5) is 9.76. The van der Waals surface area contributed by atoms with E-state index < -0.39 is 0 Å². The number of nitrogens with zero attached hydrogens (tertiary/aromatic N) is 3. The largest absolute Gasteiger partial charge is 0.485 e. The van der Waals surface area contributed by atoms with Crippen LogP contribution in [0.4, 0.5) is 5.82 Å². The molecule has 1 unspecified atom stereocenters. The second kappa shape index (κ2) is 7.48. The lowest BCUT2D eigenvalue weighted by Gasteiger charge is -2.22. The van der Waals surface area contributed by atoms with Crippen LogP contribution in [0.5, 0.6) is 5.75 Å². The van der Waals surface area contributed by atoms with Crippen molar-refractivity contribution >= 4 is 39.7 Å². The molecule has 0 radical (unpaired) electrons. The van der Waals surface area contributed by atoms with Crippen molar-refractivity contribution in [2.45, 2.75) is 13.0 Å². The Labute approximate surface area is 172 Å². The van der Waals surface area contributed by atoms with Crippen LogP contribution in [0.2, 0.25) is 0 Å². The van der Waals surface area contributed by atoms with Crippen molar-refractivity contribution < 1.29 is 4.74 Å². The summed E-state index contributed by atoms with van der Waals surface area (Å²) in [5.41, 5.74) is 7.39. The number of hydrogen-bond acceptors (Lipinski definition) is 6. The SMILES string of the molecule is CC1Oc2ccccc2C=C1/C=N/Nc1ncnc2scc(-c3ccccc3)c12. The van der Waals surface area contributed by atoms with Crippen LogP contribution < -0.4 is 10.2 Å². The highest BCUT2D eigenvalue weighted by Gasteiger charge is 2.17. The van der Waals surface area contributed by atoms with Gasteiger partial charge in [-0.3, -0.25) is 5.43 Å². The molecule has 29 heavy (non-hydrogen) atoms. The molecule has 0 aliphatic carbocycles. The van der Waals surface area contributed by atoms with E-state index in [2.05, 4.69) is 44.1 Å². The molecule has 0 fully saturated rings. The second-order valence-electron chi connectivity index (χ2n) is 6.73. The van der Waals surface area contributed by atoms with Crippen LogP contribution in [-0.2, 0) is 0 Å². The molecule has 2 aromatic carbocycles. The molecule has 0 amide bonds. The number of nitrogens with one attached hydrogen (secondary N) is 1. The van der Waals surface area contributed by atoms with Crippen LogP contribution in [0, 0.1) is 0 Å². The minimum Gasteiger partial charge on any atom is -0.485 e. The number of hydrazone groups is 1. The first-order chi connectivity index (χ1) is 14.3. The molecule has 0 saturated carbocycles. The molecular weight excluding hydrogens is 380 g/mol. The molecule has 0 spiro atoms. The highest BCUT2D eigenvalue weighted by Crippen LogP contribution is 2.36. The summed E-state index contributed by atoms with van der Waals surface area (Å²) in [7, 11) is 0. The Morgan fingerprint density at radius 3 is 2.79 bits per heavy atom. The van der Waals surface area contributed by atoms with Gasteiger partial charge in [-0.1, -0.05) is 48.5 Å². The van der Waals surface area contributed by atoms with Crippen LogP contribution in [0.3, 0.4) is 0 Å². The fraction of sp³-hybridized carbons (Fsp3) is 0.0870. The third kappa shape index (κ3) is 3.39. The van der Waals surface area contributed by atoms with Gasteiger partial charge in [0, 0.05) is 22.1 Å². The fourth-order valence-electron chi connectivity index (χ4n) is 3.36. The maximum Gasteiger partial charge on any atom is 0.159 e. The van der Waals surface area contributed by atoms with Crippen molar-refractivity contribution in [1.29, 1.82) is 0 Å². The lowest BCUT2D eigenvalue weighted by atomic mass is 10.0. The van der Waals surface area contributed by atoms with Gasteiger partial charge in [0.1, 0.15) is 23.0 Å². The molecule has 5 nitrogen and oxygen atoms in total. The van der Waals surface area contributed by atoms with Gasteiger partial charge in [0.25, 0.3) is 0 Å². The zero-order valence-electron chi connectivity index (χ0n) is 15.7. The number of thiophene rings is 1. The van der Waals surface area contributed by atoms with Crippen molar-refractivity contribution in [1.82, 2.24) is 9.97 Å². The fourth-order valence-corrected chi connectivity index (χ4v) is 4.28. The zero-order valence-corrected chi connectivity index (χ0v) is 16.6. The van der Waals surface area contributed by atoms with E-state index in [1.54, 1.807) is 23.9 Å². The summed E-state index contributed by atoms with van der Waals surface area (Å²) in [5.74, 6) is 1.59. The monoisotopic (exact) mass is 398 g/mol. The average Bonchev–Trinajstić information content (AvgIpc) is 3.20. The Hall–Kier alpha value is -3.51. The smallest absolute Gasteiger partial charge is 0.159 e. The highest BCUT2D eigenvalue weighted by atomic mass is 32.1. The Kier molecular flexibility index (Phi) is 4.54. The number of rotatable bonds is 4. The average molecular weight is 398 g/mol. The number of benzene rings is 2. The molecule has 2 aromatic heterocycles. The summed E-state index contributed by atoms with van der Waals surface area (Å²) >= 11 is 1.60. The zero-order chi connectivity index (χ0) is 19.6. The molecule has 1 aliphatic rings. The predicted molar refractivity (Wildman–Crippen MR) is 119 cm³/mol. The van der Waals surface area contributed by atoms with E-state index in [4.69, 9.17) is 4.74 Å². The van der Waals surface area contributed by atoms with Gasteiger partial charge < -0.3 is 4.74 Å². The summed E-state index contributed by atoms with van der Waals surface area (Å²) in [6.45, 7) is 2.02. The van der Waals surface area contributed by atoms with Crippen molar-refractivity contribution in [2.75, 3.05) is 5.43 Å². The molecular formula is C23H18N4OS. The first-order valence-electron chi connectivity index (χ1n) is 9.33. The van der Waals surface area contributed by atoms with Crippen LogP contribution in [-0.4, -0.2) is 22.3 Å². The summed E-state index contributed by atoms with van der Waals surface area (Å²) in [6.07, 6.45) is 5.39. The normalized spacial score (nSPS) is 15.8. The number of para-hydroxylation sites is 1. The quantitative estimate of drug-likeness (QED) is 0.358. The van der Waals surface area contributed by atoms with Crippen LogP contribution in [0.15, 0.2) is 77.0 Å².